The van der Waals surface area contributed by atoms with Crippen molar-refractivity contribution in [3.8, 4) is 11.5 Å². The molecule has 1 N–H and O–H groups in total. The fourth-order valence-corrected chi connectivity index (χ4v) is 5.04. The van der Waals surface area contributed by atoms with E-state index in [2.05, 4.69) is 20.1 Å². The normalized spacial score (nSPS) is 14.1. The molecule has 9 heteroatoms. The summed E-state index contributed by atoms with van der Waals surface area (Å²) in [7, 11) is 1.60. The number of methoxy groups -OCH3 is 1. The minimum absolute atomic E-state index is 0.106. The first-order valence-corrected chi connectivity index (χ1v) is 12.8. The second kappa shape index (κ2) is 11.6. The Hall–Kier alpha value is -2.71. The number of amides is 1. The van der Waals surface area contributed by atoms with Crippen LogP contribution in [0.25, 0.3) is 0 Å². The smallest absolute Gasteiger partial charge is 0.234 e. The molecule has 7 nitrogen and oxygen atoms in total. The van der Waals surface area contributed by atoms with Gasteiger partial charge < -0.3 is 14.8 Å². The summed E-state index contributed by atoms with van der Waals surface area (Å²) in [5, 5.41) is 13.2. The van der Waals surface area contributed by atoms with E-state index in [1.165, 1.54) is 31.0 Å². The predicted octanol–water partition coefficient (Wildman–Crippen LogP) is 6.06. The number of rotatable bonds is 9. The van der Waals surface area contributed by atoms with Crippen LogP contribution in [0.3, 0.4) is 0 Å². The highest BCUT2D eigenvalue weighted by atomic mass is 35.5. The van der Waals surface area contributed by atoms with Crippen molar-refractivity contribution in [1.29, 1.82) is 0 Å². The Kier molecular flexibility index (Phi) is 8.34. The number of nitrogens with one attached hydrogen (secondary N) is 1. The lowest BCUT2D eigenvalue weighted by atomic mass is 9.95. The molecule has 34 heavy (non-hydrogen) atoms. The molecule has 0 atom stereocenters. The van der Waals surface area contributed by atoms with E-state index >= 15 is 0 Å². The summed E-state index contributed by atoms with van der Waals surface area (Å²) in [6.07, 6.45) is 5.77. The van der Waals surface area contributed by atoms with E-state index in [1.54, 1.807) is 13.2 Å². The third-order valence-electron chi connectivity index (χ3n) is 5.86. The van der Waals surface area contributed by atoms with Crippen LogP contribution in [0.4, 0.5) is 5.69 Å². The lowest BCUT2D eigenvalue weighted by molar-refractivity contribution is -0.113. The second-order valence-electron chi connectivity index (χ2n) is 8.33. The summed E-state index contributed by atoms with van der Waals surface area (Å²) in [6, 6.07) is 13.2. The van der Waals surface area contributed by atoms with Gasteiger partial charge in [-0.15, -0.1) is 10.2 Å². The van der Waals surface area contributed by atoms with Crippen molar-refractivity contribution in [1.82, 2.24) is 14.8 Å². The minimum atomic E-state index is -0.106. The first-order valence-electron chi connectivity index (χ1n) is 11.4. The molecule has 1 aromatic heterocycles. The first kappa shape index (κ1) is 24.4. The number of aryl methyl sites for hydroxylation is 1. The number of benzene rings is 2. The van der Waals surface area contributed by atoms with E-state index in [4.69, 9.17) is 21.1 Å². The molecule has 1 fully saturated rings. The molecule has 180 valence electrons. The molecule has 0 unspecified atom stereocenters. The molecule has 1 saturated carbocycles. The van der Waals surface area contributed by atoms with Gasteiger partial charge in [-0.25, -0.2) is 0 Å². The van der Waals surface area contributed by atoms with E-state index in [0.29, 0.717) is 29.1 Å². The maximum atomic E-state index is 12.6. The van der Waals surface area contributed by atoms with Crippen molar-refractivity contribution < 1.29 is 14.3 Å². The number of ether oxygens (including phenoxy) is 2. The van der Waals surface area contributed by atoms with Crippen LogP contribution in [0, 0.1) is 6.92 Å². The number of hydrogen-bond acceptors (Lipinski definition) is 6. The Morgan fingerprint density at radius 1 is 1.15 bits per heavy atom. The van der Waals surface area contributed by atoms with Gasteiger partial charge in [0.15, 0.2) is 11.0 Å². The highest BCUT2D eigenvalue weighted by molar-refractivity contribution is 7.99. The van der Waals surface area contributed by atoms with Gasteiger partial charge in [-0.05, 0) is 55.7 Å². The molecule has 1 amide bonds. The Bertz CT molecular complexity index is 1130. The summed E-state index contributed by atoms with van der Waals surface area (Å²) < 4.78 is 13.4. The summed E-state index contributed by atoms with van der Waals surface area (Å²) in [6.45, 7) is 2.26. The van der Waals surface area contributed by atoms with Crippen molar-refractivity contribution in [2.24, 2.45) is 0 Å². The van der Waals surface area contributed by atoms with Gasteiger partial charge in [-0.3, -0.25) is 9.36 Å². The highest BCUT2D eigenvalue weighted by Gasteiger charge is 2.24. The van der Waals surface area contributed by atoms with Crippen LogP contribution in [0.2, 0.25) is 5.02 Å². The first-order chi connectivity index (χ1) is 16.5. The lowest BCUT2D eigenvalue weighted by Gasteiger charge is -2.25. The largest absolute Gasteiger partial charge is 0.497 e. The van der Waals surface area contributed by atoms with Gasteiger partial charge in [0.2, 0.25) is 5.91 Å². The van der Waals surface area contributed by atoms with Crippen LogP contribution in [0.5, 0.6) is 11.5 Å². The van der Waals surface area contributed by atoms with Crippen LogP contribution < -0.4 is 14.8 Å². The molecule has 2 aromatic carbocycles. The number of hydrogen-bond donors (Lipinski definition) is 1. The number of anilines is 1. The molecule has 0 saturated heterocycles. The molecule has 0 bridgehead atoms. The van der Waals surface area contributed by atoms with Gasteiger partial charge in [-0.1, -0.05) is 48.7 Å². The van der Waals surface area contributed by atoms with Crippen LogP contribution in [-0.4, -0.2) is 33.5 Å². The zero-order valence-electron chi connectivity index (χ0n) is 19.4. The Balaban J connectivity index is 1.44. The van der Waals surface area contributed by atoms with Crippen LogP contribution in [0.1, 0.15) is 49.5 Å². The molecule has 0 aliphatic heterocycles. The Morgan fingerprint density at radius 2 is 1.97 bits per heavy atom. The van der Waals surface area contributed by atoms with Gasteiger partial charge in [0.05, 0.1) is 12.9 Å². The molecule has 1 aliphatic carbocycles. The fourth-order valence-electron chi connectivity index (χ4n) is 4.09. The summed E-state index contributed by atoms with van der Waals surface area (Å²) in [4.78, 5) is 12.6. The molecular weight excluding hydrogens is 472 g/mol. The third-order valence-corrected chi connectivity index (χ3v) is 7.23. The zero-order valence-corrected chi connectivity index (χ0v) is 21.0. The lowest BCUT2D eigenvalue weighted by Crippen LogP contribution is -2.19. The molecular formula is C25H29ClN4O3S. The predicted molar refractivity (Wildman–Crippen MR) is 135 cm³/mol. The zero-order chi connectivity index (χ0) is 23.9. The fraction of sp³-hybridized carbons (Fsp3) is 0.400. The second-order valence-corrected chi connectivity index (χ2v) is 9.68. The molecule has 0 spiro atoms. The number of halogens is 1. The average molecular weight is 501 g/mol. The van der Waals surface area contributed by atoms with E-state index in [1.807, 2.05) is 43.3 Å². The van der Waals surface area contributed by atoms with Crippen molar-refractivity contribution in [3.63, 3.8) is 0 Å². The highest BCUT2D eigenvalue weighted by Crippen LogP contribution is 2.33. The van der Waals surface area contributed by atoms with Gasteiger partial charge in [0.1, 0.15) is 18.1 Å². The molecule has 1 aliphatic rings. The maximum absolute atomic E-state index is 12.6. The average Bonchev–Trinajstić information content (AvgIpc) is 3.27. The van der Waals surface area contributed by atoms with Gasteiger partial charge in [0.25, 0.3) is 0 Å². The maximum Gasteiger partial charge on any atom is 0.234 e. The van der Waals surface area contributed by atoms with E-state index in [-0.39, 0.29) is 11.7 Å². The number of carbonyl (C=O) groups excluding carboxylic acids is 1. The number of thioether (sulfide) groups is 1. The van der Waals surface area contributed by atoms with E-state index < -0.39 is 0 Å². The SMILES string of the molecule is COc1cccc(NC(=O)CSc2nnc(COc3ccc(Cl)c(C)c3)n2C2CCCCC2)c1. The Labute approximate surface area is 209 Å². The minimum Gasteiger partial charge on any atom is -0.497 e. The van der Waals surface area contributed by atoms with E-state index in [9.17, 15) is 4.79 Å². The van der Waals surface area contributed by atoms with Crippen LogP contribution >= 0.6 is 23.4 Å². The van der Waals surface area contributed by atoms with Gasteiger partial charge in [0, 0.05) is 22.8 Å². The number of carbonyl (C=O) groups is 1. The summed E-state index contributed by atoms with van der Waals surface area (Å²) in [5.74, 6) is 2.34. The van der Waals surface area contributed by atoms with E-state index in [0.717, 1.165) is 35.1 Å². The summed E-state index contributed by atoms with van der Waals surface area (Å²) >= 11 is 7.53. The molecule has 4 rings (SSSR count). The standard InChI is InChI=1S/C25H29ClN4O3S/c1-17-13-21(11-12-22(17)26)33-15-23-28-29-25(30(23)19-8-4-3-5-9-19)34-16-24(31)27-18-7-6-10-20(14-18)32-2/h6-7,10-14,19H,3-5,8-9,15-16H2,1-2H3,(H,27,31). The topological polar surface area (TPSA) is 78.3 Å². The van der Waals surface area contributed by atoms with Crippen molar-refractivity contribution in [3.05, 3.63) is 58.9 Å². The summed E-state index contributed by atoms with van der Waals surface area (Å²) in [5.41, 5.74) is 1.66. The van der Waals surface area contributed by atoms with Crippen LogP contribution in [0.15, 0.2) is 47.6 Å². The van der Waals surface area contributed by atoms with Crippen molar-refractivity contribution in [2.45, 2.75) is 56.8 Å². The quantitative estimate of drug-likeness (QED) is 0.359. The molecule has 3 aromatic rings. The van der Waals surface area contributed by atoms with Crippen molar-refractivity contribution in [2.75, 3.05) is 18.2 Å². The third kappa shape index (κ3) is 6.24. The molecule has 1 heterocycles. The monoisotopic (exact) mass is 500 g/mol. The number of nitrogens with zero attached hydrogens (tertiary/aromatic N) is 3. The number of aromatic nitrogens is 3. The Morgan fingerprint density at radius 3 is 2.74 bits per heavy atom. The van der Waals surface area contributed by atoms with Crippen LogP contribution in [-0.2, 0) is 11.4 Å². The van der Waals surface area contributed by atoms with Gasteiger partial charge >= 0.3 is 0 Å². The van der Waals surface area contributed by atoms with Crippen molar-refractivity contribution >= 4 is 35.0 Å². The van der Waals surface area contributed by atoms with Gasteiger partial charge in [-0.2, -0.15) is 0 Å². The molecule has 0 radical (unpaired) electrons.